The van der Waals surface area contributed by atoms with Crippen molar-refractivity contribution in [2.75, 3.05) is 26.0 Å². The zero-order valence-corrected chi connectivity index (χ0v) is 8.77. The van der Waals surface area contributed by atoms with Gasteiger partial charge < -0.3 is 4.90 Å². The Hall–Kier alpha value is -0.0100. The number of hydrogen-bond acceptors (Lipinski definition) is 1. The fraction of sp³-hybridized carbons (Fsp3) is 0.800. The molecule has 2 atom stereocenters. The van der Waals surface area contributed by atoms with E-state index in [1.165, 1.54) is 13.0 Å². The third kappa shape index (κ3) is 3.16. The van der Waals surface area contributed by atoms with Gasteiger partial charge in [-0.3, -0.25) is 0 Å². The van der Waals surface area contributed by atoms with E-state index in [0.717, 1.165) is 24.0 Å². The highest BCUT2D eigenvalue weighted by Gasteiger charge is 2.32. The Labute approximate surface area is 80.4 Å². The molecule has 70 valence electrons. The first-order valence-electron chi connectivity index (χ1n) is 4.54. The largest absolute Gasteiger partial charge is 0.302 e. The summed E-state index contributed by atoms with van der Waals surface area (Å²) >= 11 is 5.65. The quantitative estimate of drug-likeness (QED) is 0.472. The summed E-state index contributed by atoms with van der Waals surface area (Å²) in [6.07, 6.45) is 1.40. The molecule has 1 fully saturated rings. The lowest BCUT2D eigenvalue weighted by Gasteiger charge is -2.16. The SMILES string of the molecule is C=C(CCl)CN(C)CC1CC1C. The van der Waals surface area contributed by atoms with Crippen molar-refractivity contribution in [3.05, 3.63) is 12.2 Å². The van der Waals surface area contributed by atoms with Crippen LogP contribution in [0.25, 0.3) is 0 Å². The molecule has 1 saturated carbocycles. The number of nitrogens with zero attached hydrogens (tertiary/aromatic N) is 1. The number of halogens is 1. The second-order valence-corrected chi connectivity index (χ2v) is 4.32. The molecule has 0 bridgehead atoms. The third-order valence-electron chi connectivity index (χ3n) is 2.50. The van der Waals surface area contributed by atoms with Gasteiger partial charge in [-0.1, -0.05) is 13.5 Å². The van der Waals surface area contributed by atoms with Gasteiger partial charge in [0.1, 0.15) is 0 Å². The van der Waals surface area contributed by atoms with Crippen molar-refractivity contribution >= 4 is 11.6 Å². The summed E-state index contributed by atoms with van der Waals surface area (Å²) in [7, 11) is 2.14. The minimum atomic E-state index is 0.588. The summed E-state index contributed by atoms with van der Waals surface area (Å²) in [6.45, 7) is 8.36. The number of hydrogen-bond donors (Lipinski definition) is 0. The van der Waals surface area contributed by atoms with Gasteiger partial charge in [-0.15, -0.1) is 11.6 Å². The van der Waals surface area contributed by atoms with Crippen molar-refractivity contribution in [3.8, 4) is 0 Å². The van der Waals surface area contributed by atoms with Crippen LogP contribution in [-0.2, 0) is 0 Å². The molecule has 0 aromatic heterocycles. The second kappa shape index (κ2) is 4.29. The van der Waals surface area contributed by atoms with Gasteiger partial charge in [0.25, 0.3) is 0 Å². The van der Waals surface area contributed by atoms with Gasteiger partial charge in [-0.25, -0.2) is 0 Å². The fourth-order valence-corrected chi connectivity index (χ4v) is 1.63. The summed E-state index contributed by atoms with van der Waals surface area (Å²) in [5.74, 6) is 2.46. The van der Waals surface area contributed by atoms with E-state index < -0.39 is 0 Å². The molecule has 0 aromatic rings. The van der Waals surface area contributed by atoms with Gasteiger partial charge in [-0.05, 0) is 30.9 Å². The van der Waals surface area contributed by atoms with E-state index in [0.29, 0.717) is 5.88 Å². The van der Waals surface area contributed by atoms with Crippen molar-refractivity contribution in [2.24, 2.45) is 11.8 Å². The number of likely N-dealkylation sites (N-methyl/N-ethyl adjacent to an activating group) is 1. The van der Waals surface area contributed by atoms with E-state index in [9.17, 15) is 0 Å². The van der Waals surface area contributed by atoms with Crippen LogP contribution in [0.15, 0.2) is 12.2 Å². The molecule has 0 saturated heterocycles. The van der Waals surface area contributed by atoms with E-state index in [4.69, 9.17) is 11.6 Å². The molecule has 2 unspecified atom stereocenters. The lowest BCUT2D eigenvalue weighted by Crippen LogP contribution is -2.24. The van der Waals surface area contributed by atoms with Gasteiger partial charge in [0, 0.05) is 19.0 Å². The molecule has 0 aliphatic heterocycles. The summed E-state index contributed by atoms with van der Waals surface area (Å²) < 4.78 is 0. The summed E-state index contributed by atoms with van der Waals surface area (Å²) in [5, 5.41) is 0. The van der Waals surface area contributed by atoms with Crippen LogP contribution >= 0.6 is 11.6 Å². The molecule has 12 heavy (non-hydrogen) atoms. The first kappa shape index (κ1) is 10.1. The van der Waals surface area contributed by atoms with Crippen molar-refractivity contribution in [2.45, 2.75) is 13.3 Å². The first-order valence-corrected chi connectivity index (χ1v) is 5.08. The lowest BCUT2D eigenvalue weighted by atomic mass is 10.3. The fourth-order valence-electron chi connectivity index (χ4n) is 1.54. The molecule has 0 spiro atoms. The molecule has 0 N–H and O–H groups in total. The van der Waals surface area contributed by atoms with Crippen LogP contribution in [-0.4, -0.2) is 30.9 Å². The number of alkyl halides is 1. The number of rotatable bonds is 5. The maximum atomic E-state index is 5.65. The van der Waals surface area contributed by atoms with Crippen LogP contribution in [0.4, 0.5) is 0 Å². The molecule has 1 rings (SSSR count). The predicted molar refractivity (Wildman–Crippen MR) is 54.6 cm³/mol. The Balaban J connectivity index is 2.11. The van der Waals surface area contributed by atoms with Crippen LogP contribution < -0.4 is 0 Å². The maximum Gasteiger partial charge on any atom is 0.0443 e. The van der Waals surface area contributed by atoms with Crippen LogP contribution in [0.2, 0.25) is 0 Å². The summed E-state index contributed by atoms with van der Waals surface area (Å²) in [4.78, 5) is 2.32. The van der Waals surface area contributed by atoms with E-state index in [1.54, 1.807) is 0 Å². The molecule has 1 nitrogen and oxygen atoms in total. The van der Waals surface area contributed by atoms with E-state index in [2.05, 4.69) is 25.5 Å². The molecule has 0 heterocycles. The summed E-state index contributed by atoms with van der Waals surface area (Å²) in [5.41, 5.74) is 1.12. The van der Waals surface area contributed by atoms with E-state index in [-0.39, 0.29) is 0 Å². The Morgan fingerprint density at radius 3 is 2.67 bits per heavy atom. The Morgan fingerprint density at radius 1 is 1.67 bits per heavy atom. The normalized spacial score (nSPS) is 27.7. The molecule has 0 aromatic carbocycles. The minimum absolute atomic E-state index is 0.588. The second-order valence-electron chi connectivity index (χ2n) is 4.05. The Morgan fingerprint density at radius 2 is 2.25 bits per heavy atom. The van der Waals surface area contributed by atoms with E-state index >= 15 is 0 Å². The smallest absolute Gasteiger partial charge is 0.0443 e. The average Bonchev–Trinajstić information content (AvgIpc) is 2.66. The monoisotopic (exact) mass is 187 g/mol. The molecule has 1 aliphatic carbocycles. The minimum Gasteiger partial charge on any atom is -0.302 e. The van der Waals surface area contributed by atoms with Crippen LogP contribution in [0.1, 0.15) is 13.3 Å². The van der Waals surface area contributed by atoms with Crippen molar-refractivity contribution in [1.29, 1.82) is 0 Å². The van der Waals surface area contributed by atoms with Crippen LogP contribution in [0.5, 0.6) is 0 Å². The highest BCUT2D eigenvalue weighted by Crippen LogP contribution is 2.37. The average molecular weight is 188 g/mol. The van der Waals surface area contributed by atoms with Gasteiger partial charge in [-0.2, -0.15) is 0 Å². The predicted octanol–water partition coefficient (Wildman–Crippen LogP) is 2.37. The third-order valence-corrected chi connectivity index (χ3v) is 2.88. The van der Waals surface area contributed by atoms with E-state index in [1.807, 2.05) is 0 Å². The van der Waals surface area contributed by atoms with Crippen LogP contribution in [0.3, 0.4) is 0 Å². The summed E-state index contributed by atoms with van der Waals surface area (Å²) in [6, 6.07) is 0. The topological polar surface area (TPSA) is 3.24 Å². The highest BCUT2D eigenvalue weighted by molar-refractivity contribution is 6.19. The standard InChI is InChI=1S/C10H18ClN/c1-8(5-11)6-12(3)7-10-4-9(10)2/h9-10H,1,4-7H2,2-3H3. The first-order chi connectivity index (χ1) is 5.63. The molecule has 2 heteroatoms. The van der Waals surface area contributed by atoms with Gasteiger partial charge in [0.15, 0.2) is 0 Å². The molecular weight excluding hydrogens is 170 g/mol. The zero-order chi connectivity index (χ0) is 9.14. The van der Waals surface area contributed by atoms with Crippen molar-refractivity contribution < 1.29 is 0 Å². The zero-order valence-electron chi connectivity index (χ0n) is 8.02. The van der Waals surface area contributed by atoms with Crippen molar-refractivity contribution in [3.63, 3.8) is 0 Å². The highest BCUT2D eigenvalue weighted by atomic mass is 35.5. The molecule has 0 radical (unpaired) electrons. The Kier molecular flexibility index (Phi) is 3.60. The maximum absolute atomic E-state index is 5.65. The lowest BCUT2D eigenvalue weighted by molar-refractivity contribution is 0.340. The van der Waals surface area contributed by atoms with Gasteiger partial charge in [0.05, 0.1) is 0 Å². The van der Waals surface area contributed by atoms with Crippen molar-refractivity contribution in [1.82, 2.24) is 4.90 Å². The van der Waals surface area contributed by atoms with Gasteiger partial charge in [0.2, 0.25) is 0 Å². The van der Waals surface area contributed by atoms with Crippen LogP contribution in [0, 0.1) is 11.8 Å². The molecular formula is C10H18ClN. The molecule has 1 aliphatic rings. The molecule has 0 amide bonds. The Bertz CT molecular complexity index is 167. The van der Waals surface area contributed by atoms with Gasteiger partial charge >= 0.3 is 0 Å².